The zero-order valence-electron chi connectivity index (χ0n) is 10.0. The van der Waals surface area contributed by atoms with Crippen LogP contribution < -0.4 is 0 Å². The zero-order valence-corrected chi connectivity index (χ0v) is 10.8. The number of aliphatic carboxylic acids is 1. The third-order valence-electron chi connectivity index (χ3n) is 3.77. The van der Waals surface area contributed by atoms with Crippen molar-refractivity contribution in [3.63, 3.8) is 0 Å². The lowest BCUT2D eigenvalue weighted by Gasteiger charge is -2.20. The van der Waals surface area contributed by atoms with Gasteiger partial charge in [-0.25, -0.2) is 4.39 Å². The molecule has 98 valence electrons. The summed E-state index contributed by atoms with van der Waals surface area (Å²) < 4.78 is 13.7. The van der Waals surface area contributed by atoms with Crippen LogP contribution in [-0.2, 0) is 11.2 Å². The number of hydrogen-bond acceptors (Lipinski definition) is 1. The van der Waals surface area contributed by atoms with Crippen molar-refractivity contribution in [2.75, 3.05) is 0 Å². The Labute approximate surface area is 111 Å². The molecule has 1 atom stereocenters. The van der Waals surface area contributed by atoms with Crippen molar-refractivity contribution in [1.29, 1.82) is 0 Å². The Bertz CT molecular complexity index is 421. The van der Waals surface area contributed by atoms with Crippen LogP contribution in [0.4, 0.5) is 4.39 Å². The summed E-state index contributed by atoms with van der Waals surface area (Å²) in [6, 6.07) is 4.47. The average molecular weight is 271 g/mol. The lowest BCUT2D eigenvalue weighted by atomic mass is 9.85. The Morgan fingerprint density at radius 1 is 1.44 bits per heavy atom. The first kappa shape index (κ1) is 13.3. The monoisotopic (exact) mass is 270 g/mol. The van der Waals surface area contributed by atoms with E-state index in [2.05, 4.69) is 0 Å². The SMILES string of the molecule is O=C(O)C(Cc1c(F)cccc1Cl)C1CCCC1. The Morgan fingerprint density at radius 3 is 2.67 bits per heavy atom. The van der Waals surface area contributed by atoms with E-state index in [0.29, 0.717) is 10.6 Å². The van der Waals surface area contributed by atoms with E-state index in [1.165, 1.54) is 12.1 Å². The van der Waals surface area contributed by atoms with E-state index in [9.17, 15) is 14.3 Å². The summed E-state index contributed by atoms with van der Waals surface area (Å²) in [6.07, 6.45) is 4.16. The van der Waals surface area contributed by atoms with E-state index >= 15 is 0 Å². The van der Waals surface area contributed by atoms with E-state index in [-0.39, 0.29) is 12.3 Å². The first-order valence-electron chi connectivity index (χ1n) is 6.25. The second-order valence-electron chi connectivity index (χ2n) is 4.89. The standard InChI is InChI=1S/C14H16ClFO2/c15-12-6-3-7-13(16)11(12)8-10(14(17)18)9-4-1-2-5-9/h3,6-7,9-10H,1-2,4-5,8H2,(H,17,18). The van der Waals surface area contributed by atoms with Gasteiger partial charge in [0.2, 0.25) is 0 Å². The molecule has 0 spiro atoms. The van der Waals surface area contributed by atoms with Gasteiger partial charge in [-0.3, -0.25) is 4.79 Å². The van der Waals surface area contributed by atoms with Crippen LogP contribution in [0.3, 0.4) is 0 Å². The molecule has 0 aliphatic heterocycles. The summed E-state index contributed by atoms with van der Waals surface area (Å²) in [5.74, 6) is -1.63. The number of rotatable bonds is 4. The van der Waals surface area contributed by atoms with Gasteiger partial charge in [-0.1, -0.05) is 30.5 Å². The summed E-state index contributed by atoms with van der Waals surface area (Å²) in [7, 11) is 0. The topological polar surface area (TPSA) is 37.3 Å². The molecule has 0 amide bonds. The summed E-state index contributed by atoms with van der Waals surface area (Å²) >= 11 is 5.95. The van der Waals surface area contributed by atoms with Gasteiger partial charge in [0.05, 0.1) is 5.92 Å². The van der Waals surface area contributed by atoms with Gasteiger partial charge >= 0.3 is 5.97 Å². The molecule has 4 heteroatoms. The minimum atomic E-state index is -0.846. The van der Waals surface area contributed by atoms with E-state index in [1.807, 2.05) is 0 Å². The highest BCUT2D eigenvalue weighted by atomic mass is 35.5. The Balaban J connectivity index is 2.20. The molecule has 0 bridgehead atoms. The molecular formula is C14H16ClFO2. The summed E-state index contributed by atoms with van der Waals surface area (Å²) in [5, 5.41) is 9.63. The molecule has 1 saturated carbocycles. The Hall–Kier alpha value is -1.09. The van der Waals surface area contributed by atoms with Gasteiger partial charge in [0.1, 0.15) is 5.82 Å². The summed E-state index contributed by atoms with van der Waals surface area (Å²) in [6.45, 7) is 0. The number of carboxylic acids is 1. The molecule has 18 heavy (non-hydrogen) atoms. The molecule has 2 rings (SSSR count). The van der Waals surface area contributed by atoms with Gasteiger partial charge in [0, 0.05) is 10.6 Å². The number of carboxylic acid groups (broad SMARTS) is 1. The maximum Gasteiger partial charge on any atom is 0.307 e. The predicted molar refractivity (Wildman–Crippen MR) is 68.2 cm³/mol. The quantitative estimate of drug-likeness (QED) is 0.901. The Kier molecular flexibility index (Phi) is 4.23. The van der Waals surface area contributed by atoms with Crippen molar-refractivity contribution < 1.29 is 14.3 Å². The van der Waals surface area contributed by atoms with E-state index in [0.717, 1.165) is 25.7 Å². The molecule has 1 aliphatic carbocycles. The highest BCUT2D eigenvalue weighted by Crippen LogP contribution is 2.35. The highest BCUT2D eigenvalue weighted by molar-refractivity contribution is 6.31. The fraction of sp³-hybridized carbons (Fsp3) is 0.500. The van der Waals surface area contributed by atoms with Gasteiger partial charge in [-0.05, 0) is 37.3 Å². The lowest BCUT2D eigenvalue weighted by Crippen LogP contribution is -2.24. The van der Waals surface area contributed by atoms with E-state index < -0.39 is 17.7 Å². The molecule has 1 unspecified atom stereocenters. The largest absolute Gasteiger partial charge is 0.481 e. The van der Waals surface area contributed by atoms with E-state index in [1.54, 1.807) is 6.07 Å². The van der Waals surface area contributed by atoms with Crippen LogP contribution >= 0.6 is 11.6 Å². The predicted octanol–water partition coefficient (Wildman–Crippen LogP) is 3.91. The van der Waals surface area contributed by atoms with Gasteiger partial charge < -0.3 is 5.11 Å². The van der Waals surface area contributed by atoms with Crippen LogP contribution in [0.2, 0.25) is 5.02 Å². The fourth-order valence-electron chi connectivity index (χ4n) is 2.76. The number of hydrogen-bond donors (Lipinski definition) is 1. The number of halogens is 2. The van der Waals surface area contributed by atoms with Gasteiger partial charge in [-0.2, -0.15) is 0 Å². The Morgan fingerprint density at radius 2 is 2.11 bits per heavy atom. The second-order valence-corrected chi connectivity index (χ2v) is 5.30. The molecule has 1 aromatic carbocycles. The average Bonchev–Trinajstić information content (AvgIpc) is 2.81. The van der Waals surface area contributed by atoms with Crippen molar-refractivity contribution in [2.24, 2.45) is 11.8 Å². The van der Waals surface area contributed by atoms with Crippen LogP contribution in [0, 0.1) is 17.7 Å². The van der Waals surface area contributed by atoms with Gasteiger partial charge in [0.25, 0.3) is 0 Å². The van der Waals surface area contributed by atoms with Crippen molar-refractivity contribution in [2.45, 2.75) is 32.1 Å². The second kappa shape index (κ2) is 5.70. The molecule has 0 heterocycles. The van der Waals surface area contributed by atoms with E-state index in [4.69, 9.17) is 11.6 Å². The van der Waals surface area contributed by atoms with Crippen molar-refractivity contribution in [1.82, 2.24) is 0 Å². The highest BCUT2D eigenvalue weighted by Gasteiger charge is 2.31. The summed E-state index contributed by atoms with van der Waals surface area (Å²) in [4.78, 5) is 11.3. The lowest BCUT2D eigenvalue weighted by molar-refractivity contribution is -0.143. The molecule has 1 aliphatic rings. The fourth-order valence-corrected chi connectivity index (χ4v) is 3.00. The number of benzene rings is 1. The molecular weight excluding hydrogens is 255 g/mol. The van der Waals surface area contributed by atoms with Crippen molar-refractivity contribution >= 4 is 17.6 Å². The van der Waals surface area contributed by atoms with Gasteiger partial charge in [-0.15, -0.1) is 0 Å². The molecule has 1 N–H and O–H groups in total. The van der Waals surface area contributed by atoms with Crippen LogP contribution in [0.25, 0.3) is 0 Å². The van der Waals surface area contributed by atoms with Crippen LogP contribution in [0.5, 0.6) is 0 Å². The molecule has 1 aromatic rings. The minimum absolute atomic E-state index is 0.151. The molecule has 0 aromatic heterocycles. The van der Waals surface area contributed by atoms with Crippen LogP contribution in [0.15, 0.2) is 18.2 Å². The zero-order chi connectivity index (χ0) is 13.1. The van der Waals surface area contributed by atoms with Crippen LogP contribution in [0.1, 0.15) is 31.2 Å². The first-order valence-corrected chi connectivity index (χ1v) is 6.63. The van der Waals surface area contributed by atoms with Crippen molar-refractivity contribution in [3.05, 3.63) is 34.6 Å². The molecule has 0 radical (unpaired) electrons. The van der Waals surface area contributed by atoms with Crippen LogP contribution in [-0.4, -0.2) is 11.1 Å². The van der Waals surface area contributed by atoms with Crippen molar-refractivity contribution in [3.8, 4) is 0 Å². The molecule has 0 saturated heterocycles. The third kappa shape index (κ3) is 2.83. The normalized spacial score (nSPS) is 17.9. The maximum atomic E-state index is 13.7. The summed E-state index contributed by atoms with van der Waals surface area (Å²) in [5.41, 5.74) is 0.332. The number of carbonyl (C=O) groups is 1. The molecule has 1 fully saturated rings. The smallest absolute Gasteiger partial charge is 0.307 e. The first-order chi connectivity index (χ1) is 8.59. The third-order valence-corrected chi connectivity index (χ3v) is 4.13. The minimum Gasteiger partial charge on any atom is -0.481 e. The van der Waals surface area contributed by atoms with Gasteiger partial charge in [0.15, 0.2) is 0 Å². The molecule has 2 nitrogen and oxygen atoms in total. The maximum absolute atomic E-state index is 13.7.